The summed E-state index contributed by atoms with van der Waals surface area (Å²) in [5, 5.41) is 7.88. The number of hydrogen-bond acceptors (Lipinski definition) is 5. The summed E-state index contributed by atoms with van der Waals surface area (Å²) in [7, 11) is 0. The van der Waals surface area contributed by atoms with Crippen molar-refractivity contribution in [2.24, 2.45) is 11.8 Å². The van der Waals surface area contributed by atoms with Gasteiger partial charge in [-0.05, 0) is 75.3 Å². The molecular weight excluding hydrogens is 478 g/mol. The molecule has 3 aromatic rings. The number of aromatic nitrogens is 3. The number of alkyl halides is 3. The van der Waals surface area contributed by atoms with E-state index in [1.165, 1.54) is 10.6 Å². The van der Waals surface area contributed by atoms with Gasteiger partial charge in [-0.15, -0.1) is 5.10 Å². The number of halogens is 4. The van der Waals surface area contributed by atoms with Gasteiger partial charge < -0.3 is 15.0 Å². The number of carbonyl (C=O) groups excluding carboxylic acids is 1. The van der Waals surface area contributed by atoms with E-state index in [0.717, 1.165) is 25.0 Å². The molecule has 1 N–H and O–H groups in total. The number of ether oxygens (including phenoxy) is 1. The van der Waals surface area contributed by atoms with Crippen LogP contribution in [0, 0.1) is 17.7 Å². The highest BCUT2D eigenvalue weighted by Crippen LogP contribution is 2.39. The molecule has 2 aromatic heterocycles. The lowest BCUT2D eigenvalue weighted by atomic mass is 9.92. The van der Waals surface area contributed by atoms with Gasteiger partial charge >= 0.3 is 12.3 Å². The van der Waals surface area contributed by atoms with Crippen LogP contribution in [0.5, 0.6) is 0 Å². The molecule has 1 aliphatic carbocycles. The molecule has 0 spiro atoms. The van der Waals surface area contributed by atoms with Gasteiger partial charge in [0, 0.05) is 30.9 Å². The van der Waals surface area contributed by atoms with Crippen LogP contribution in [0.4, 0.5) is 28.3 Å². The highest BCUT2D eigenvalue weighted by atomic mass is 19.4. The fraction of sp³-hybridized carbons (Fsp3) is 0.480. The highest BCUT2D eigenvalue weighted by Gasteiger charge is 2.44. The number of piperidine rings is 1. The molecule has 5 rings (SSSR count). The van der Waals surface area contributed by atoms with E-state index < -0.39 is 23.2 Å². The number of anilines is 1. The molecule has 1 amide bonds. The first-order valence-corrected chi connectivity index (χ1v) is 11.9. The minimum absolute atomic E-state index is 0.0622. The standard InChI is InChI=1S/C25H27F4N5O2/c1-24(2,3)36-23(35)33-12-15-6-7-16(13-33)20(15)30-22-31-21-17(5-4-10-34(21)32-22)14-8-9-19(26)18(11-14)25(27,28)29/h4-5,8-11,15-16,20H,6-7,12-13H2,1-3H3,(H,30,32)/t15-,16+,20?. The number of pyridine rings is 1. The number of hydrogen-bond donors (Lipinski definition) is 1. The molecule has 0 radical (unpaired) electrons. The Kier molecular flexibility index (Phi) is 5.83. The molecule has 1 aromatic carbocycles. The molecule has 1 unspecified atom stereocenters. The Bertz CT molecular complexity index is 1290. The lowest BCUT2D eigenvalue weighted by Crippen LogP contribution is -2.51. The average Bonchev–Trinajstić information content (AvgIpc) is 3.28. The second-order valence-corrected chi connectivity index (χ2v) is 10.5. The summed E-state index contributed by atoms with van der Waals surface area (Å²) in [6, 6.07) is 6.25. The van der Waals surface area contributed by atoms with Gasteiger partial charge in [-0.25, -0.2) is 13.7 Å². The number of benzene rings is 1. The zero-order valence-corrected chi connectivity index (χ0v) is 20.1. The molecule has 2 bridgehead atoms. The summed E-state index contributed by atoms with van der Waals surface area (Å²) >= 11 is 0. The zero-order chi connectivity index (χ0) is 25.8. The highest BCUT2D eigenvalue weighted by molar-refractivity contribution is 5.78. The van der Waals surface area contributed by atoms with Gasteiger partial charge in [0.2, 0.25) is 5.95 Å². The Hall–Kier alpha value is -3.37. The van der Waals surface area contributed by atoms with Gasteiger partial charge in [-0.1, -0.05) is 6.07 Å². The van der Waals surface area contributed by atoms with Crippen molar-refractivity contribution >= 4 is 17.7 Å². The lowest BCUT2D eigenvalue weighted by Gasteiger charge is -2.38. The normalized spacial score (nSPS) is 22.2. The Morgan fingerprint density at radius 2 is 1.81 bits per heavy atom. The number of likely N-dealkylation sites (tertiary alicyclic amines) is 1. The average molecular weight is 506 g/mol. The third-order valence-corrected chi connectivity index (χ3v) is 6.73. The second-order valence-electron chi connectivity index (χ2n) is 10.5. The Labute approximate surface area is 205 Å². The molecule has 1 aliphatic heterocycles. The van der Waals surface area contributed by atoms with Gasteiger partial charge in [0.1, 0.15) is 11.4 Å². The molecule has 2 fully saturated rings. The number of nitrogens with one attached hydrogen (secondary N) is 1. The van der Waals surface area contributed by atoms with Crippen LogP contribution in [0.15, 0.2) is 36.5 Å². The van der Waals surface area contributed by atoms with Crippen LogP contribution in [-0.4, -0.2) is 50.3 Å². The van der Waals surface area contributed by atoms with E-state index in [4.69, 9.17) is 4.74 Å². The van der Waals surface area contributed by atoms with Gasteiger partial charge in [-0.2, -0.15) is 18.2 Å². The van der Waals surface area contributed by atoms with E-state index in [9.17, 15) is 22.4 Å². The monoisotopic (exact) mass is 505 g/mol. The fourth-order valence-corrected chi connectivity index (χ4v) is 5.19. The lowest BCUT2D eigenvalue weighted by molar-refractivity contribution is -0.139. The van der Waals surface area contributed by atoms with Crippen LogP contribution in [0.3, 0.4) is 0 Å². The van der Waals surface area contributed by atoms with Crippen LogP contribution < -0.4 is 5.32 Å². The molecule has 1 saturated carbocycles. The SMILES string of the molecule is CC(C)(C)OC(=O)N1C[C@H]2CC[C@@H](C1)C2Nc1nc2c(-c3ccc(F)c(C(F)(F)F)c3)cccn2n1. The second kappa shape index (κ2) is 8.63. The van der Waals surface area contributed by atoms with E-state index in [2.05, 4.69) is 15.4 Å². The third kappa shape index (κ3) is 4.70. The first-order chi connectivity index (χ1) is 16.9. The molecule has 1 saturated heterocycles. The van der Waals surface area contributed by atoms with Crippen molar-refractivity contribution in [3.8, 4) is 11.1 Å². The van der Waals surface area contributed by atoms with Crippen LogP contribution in [0.25, 0.3) is 16.8 Å². The maximum atomic E-state index is 13.8. The number of amides is 1. The number of carbonyl (C=O) groups is 1. The molecule has 11 heteroatoms. The summed E-state index contributed by atoms with van der Waals surface area (Å²) < 4.78 is 60.6. The Morgan fingerprint density at radius 1 is 1.11 bits per heavy atom. The first-order valence-electron chi connectivity index (χ1n) is 11.9. The smallest absolute Gasteiger partial charge is 0.419 e. The summed E-state index contributed by atoms with van der Waals surface area (Å²) in [4.78, 5) is 18.9. The van der Waals surface area contributed by atoms with Crippen LogP contribution >= 0.6 is 0 Å². The maximum Gasteiger partial charge on any atom is 0.419 e. The minimum atomic E-state index is -4.81. The first kappa shape index (κ1) is 24.3. The third-order valence-electron chi connectivity index (χ3n) is 6.73. The van der Waals surface area contributed by atoms with E-state index >= 15 is 0 Å². The van der Waals surface area contributed by atoms with E-state index in [1.807, 2.05) is 20.8 Å². The molecule has 2 aliphatic rings. The molecule has 7 nitrogen and oxygen atoms in total. The largest absolute Gasteiger partial charge is 0.444 e. The van der Waals surface area contributed by atoms with Crippen LogP contribution in [0.2, 0.25) is 0 Å². The summed E-state index contributed by atoms with van der Waals surface area (Å²) in [6.45, 7) is 6.65. The van der Waals surface area contributed by atoms with Gasteiger partial charge in [0.15, 0.2) is 5.65 Å². The van der Waals surface area contributed by atoms with Crippen molar-refractivity contribution in [1.82, 2.24) is 19.5 Å². The zero-order valence-electron chi connectivity index (χ0n) is 20.1. The van der Waals surface area contributed by atoms with Crippen molar-refractivity contribution in [2.75, 3.05) is 18.4 Å². The van der Waals surface area contributed by atoms with Crippen molar-refractivity contribution in [3.63, 3.8) is 0 Å². The van der Waals surface area contributed by atoms with Crippen molar-refractivity contribution in [1.29, 1.82) is 0 Å². The molecule has 3 heterocycles. The summed E-state index contributed by atoms with van der Waals surface area (Å²) in [6.07, 6.45) is -1.55. The van der Waals surface area contributed by atoms with Crippen molar-refractivity contribution < 1.29 is 27.1 Å². The predicted molar refractivity (Wildman–Crippen MR) is 125 cm³/mol. The molecule has 3 atom stereocenters. The van der Waals surface area contributed by atoms with Gasteiger partial charge in [0.05, 0.1) is 5.56 Å². The summed E-state index contributed by atoms with van der Waals surface area (Å²) in [5.41, 5.74) is -0.925. The van der Waals surface area contributed by atoms with E-state index in [0.29, 0.717) is 30.2 Å². The number of rotatable bonds is 3. The summed E-state index contributed by atoms with van der Waals surface area (Å²) in [5.74, 6) is -0.564. The molecule has 36 heavy (non-hydrogen) atoms. The van der Waals surface area contributed by atoms with E-state index in [1.54, 1.807) is 23.2 Å². The molecule has 192 valence electrons. The Morgan fingerprint density at radius 3 is 2.44 bits per heavy atom. The van der Waals surface area contributed by atoms with Crippen molar-refractivity contribution in [2.45, 2.75) is 51.4 Å². The number of nitrogens with zero attached hydrogens (tertiary/aromatic N) is 4. The predicted octanol–water partition coefficient (Wildman–Crippen LogP) is 5.61. The topological polar surface area (TPSA) is 71.8 Å². The number of fused-ring (bicyclic) bond motifs is 3. The minimum Gasteiger partial charge on any atom is -0.444 e. The van der Waals surface area contributed by atoms with Crippen molar-refractivity contribution in [3.05, 3.63) is 47.9 Å². The van der Waals surface area contributed by atoms with Gasteiger partial charge in [-0.3, -0.25) is 0 Å². The maximum absolute atomic E-state index is 13.8. The fourth-order valence-electron chi connectivity index (χ4n) is 5.19. The molecular formula is C25H27F4N5O2. The quantitative estimate of drug-likeness (QED) is 0.469. The van der Waals surface area contributed by atoms with Crippen LogP contribution in [-0.2, 0) is 10.9 Å². The Balaban J connectivity index is 1.38. The van der Waals surface area contributed by atoms with Crippen LogP contribution in [0.1, 0.15) is 39.2 Å². The van der Waals surface area contributed by atoms with Gasteiger partial charge in [0.25, 0.3) is 0 Å². The van der Waals surface area contributed by atoms with E-state index in [-0.39, 0.29) is 29.5 Å².